The number of ether oxygens (including phenoxy) is 1. The van der Waals surface area contributed by atoms with Crippen LogP contribution in [0.15, 0.2) is 72.8 Å². The van der Waals surface area contributed by atoms with Crippen LogP contribution in [-0.4, -0.2) is 49.0 Å². The monoisotopic (exact) mass is 488 g/mol. The molecule has 1 amide bonds. The van der Waals surface area contributed by atoms with Crippen LogP contribution < -0.4 is 4.74 Å². The third kappa shape index (κ3) is 6.52. The number of hydrogen-bond acceptors (Lipinski definition) is 3. The molecule has 190 valence electrons. The molecular weight excluding hydrogens is 451 g/mol. The van der Waals surface area contributed by atoms with E-state index in [1.807, 2.05) is 17.0 Å². The molecule has 4 nitrogen and oxygen atoms in total. The van der Waals surface area contributed by atoms with Crippen LogP contribution in [0.4, 0.5) is 4.39 Å². The van der Waals surface area contributed by atoms with E-state index in [0.717, 1.165) is 25.4 Å². The lowest BCUT2D eigenvalue weighted by Gasteiger charge is -2.30. The number of likely N-dealkylation sites (tertiary alicyclic amines) is 1. The van der Waals surface area contributed by atoms with E-state index in [1.54, 1.807) is 19.2 Å². The van der Waals surface area contributed by atoms with Gasteiger partial charge in [-0.1, -0.05) is 55.8 Å². The van der Waals surface area contributed by atoms with Gasteiger partial charge in [0.15, 0.2) is 0 Å². The Bertz CT molecular complexity index is 1140. The van der Waals surface area contributed by atoms with E-state index in [-0.39, 0.29) is 23.6 Å². The molecule has 0 saturated carbocycles. The smallest absolute Gasteiger partial charge is 0.253 e. The molecule has 36 heavy (non-hydrogen) atoms. The van der Waals surface area contributed by atoms with E-state index in [4.69, 9.17) is 4.74 Å². The third-order valence-corrected chi connectivity index (χ3v) is 6.98. The standard InChI is InChI=1S/C31H37FN2O2/c1-22(2)17-34(31(35)25-12-14-28(32)15-13-25)20-27-19-33(18-24-10-8-23(3)9-11-24)21-30(27)26-6-5-7-29(16-26)36-4/h5-16,22,27,30H,17-21H2,1-4H3/t27-,30-/m1/s1. The van der Waals surface area contributed by atoms with Crippen LogP contribution in [-0.2, 0) is 6.54 Å². The van der Waals surface area contributed by atoms with Crippen molar-refractivity contribution in [2.75, 3.05) is 33.3 Å². The number of aryl methyl sites for hydroxylation is 1. The molecule has 4 rings (SSSR count). The van der Waals surface area contributed by atoms with Crippen molar-refractivity contribution in [2.45, 2.75) is 33.2 Å². The van der Waals surface area contributed by atoms with Crippen molar-refractivity contribution in [3.05, 3.63) is 101 Å². The Morgan fingerprint density at radius 1 is 1.06 bits per heavy atom. The van der Waals surface area contributed by atoms with Gasteiger partial charge in [-0.15, -0.1) is 0 Å². The minimum atomic E-state index is -0.331. The Morgan fingerprint density at radius 3 is 2.44 bits per heavy atom. The maximum atomic E-state index is 13.5. The van der Waals surface area contributed by atoms with Gasteiger partial charge in [0.1, 0.15) is 11.6 Å². The van der Waals surface area contributed by atoms with E-state index < -0.39 is 0 Å². The second-order valence-corrected chi connectivity index (χ2v) is 10.4. The zero-order valence-electron chi connectivity index (χ0n) is 21.8. The molecule has 3 aromatic carbocycles. The average molecular weight is 489 g/mol. The number of nitrogens with zero attached hydrogens (tertiary/aromatic N) is 2. The minimum absolute atomic E-state index is 0.0370. The first-order chi connectivity index (χ1) is 17.3. The fourth-order valence-electron chi connectivity index (χ4n) is 5.22. The van der Waals surface area contributed by atoms with E-state index in [1.165, 1.54) is 28.8 Å². The van der Waals surface area contributed by atoms with Gasteiger partial charge in [0, 0.05) is 44.2 Å². The zero-order chi connectivity index (χ0) is 25.7. The van der Waals surface area contributed by atoms with E-state index >= 15 is 0 Å². The van der Waals surface area contributed by atoms with Crippen LogP contribution in [0.25, 0.3) is 0 Å². The largest absolute Gasteiger partial charge is 0.497 e. The molecule has 0 N–H and O–H groups in total. The van der Waals surface area contributed by atoms with Gasteiger partial charge < -0.3 is 9.64 Å². The number of methoxy groups -OCH3 is 1. The fourth-order valence-corrected chi connectivity index (χ4v) is 5.22. The van der Waals surface area contributed by atoms with Crippen molar-refractivity contribution in [1.29, 1.82) is 0 Å². The summed E-state index contributed by atoms with van der Waals surface area (Å²) < 4.78 is 19.0. The zero-order valence-corrected chi connectivity index (χ0v) is 21.8. The van der Waals surface area contributed by atoms with Crippen LogP contribution in [0, 0.1) is 24.6 Å². The number of halogens is 1. The summed E-state index contributed by atoms with van der Waals surface area (Å²) in [5, 5.41) is 0. The molecule has 0 aliphatic carbocycles. The molecule has 2 atom stereocenters. The van der Waals surface area contributed by atoms with Crippen LogP contribution in [0.2, 0.25) is 0 Å². The number of amides is 1. The van der Waals surface area contributed by atoms with Crippen molar-refractivity contribution >= 4 is 5.91 Å². The molecule has 1 saturated heterocycles. The highest BCUT2D eigenvalue weighted by Crippen LogP contribution is 2.36. The summed E-state index contributed by atoms with van der Waals surface area (Å²) in [5.41, 5.74) is 4.33. The van der Waals surface area contributed by atoms with Gasteiger partial charge in [-0.25, -0.2) is 4.39 Å². The normalized spacial score (nSPS) is 17.9. The highest BCUT2D eigenvalue weighted by atomic mass is 19.1. The first kappa shape index (κ1) is 25.9. The molecular formula is C31H37FN2O2. The third-order valence-electron chi connectivity index (χ3n) is 6.98. The van der Waals surface area contributed by atoms with E-state index in [2.05, 4.69) is 62.1 Å². The van der Waals surface area contributed by atoms with Gasteiger partial charge in [0.25, 0.3) is 5.91 Å². The predicted molar refractivity (Wildman–Crippen MR) is 143 cm³/mol. The fraction of sp³-hybridized carbons (Fsp3) is 0.387. The second kappa shape index (κ2) is 11.7. The number of rotatable bonds is 9. The summed E-state index contributed by atoms with van der Waals surface area (Å²) in [6.45, 7) is 10.4. The van der Waals surface area contributed by atoms with Crippen molar-refractivity contribution in [3.8, 4) is 5.75 Å². The molecule has 0 radical (unpaired) electrons. The Labute approximate surface area is 214 Å². The Morgan fingerprint density at radius 2 is 1.78 bits per heavy atom. The van der Waals surface area contributed by atoms with Crippen molar-refractivity contribution < 1.29 is 13.9 Å². The van der Waals surface area contributed by atoms with Crippen molar-refractivity contribution in [3.63, 3.8) is 0 Å². The van der Waals surface area contributed by atoms with Crippen molar-refractivity contribution in [1.82, 2.24) is 9.80 Å². The molecule has 0 unspecified atom stereocenters. The number of carbonyl (C=O) groups is 1. The maximum absolute atomic E-state index is 13.5. The summed E-state index contributed by atoms with van der Waals surface area (Å²) in [7, 11) is 1.70. The second-order valence-electron chi connectivity index (χ2n) is 10.4. The first-order valence-electron chi connectivity index (χ1n) is 12.8. The SMILES string of the molecule is COc1cccc([C@H]2CN(Cc3ccc(C)cc3)C[C@@H]2CN(CC(C)C)C(=O)c2ccc(F)cc2)c1. The minimum Gasteiger partial charge on any atom is -0.497 e. The molecule has 3 aromatic rings. The predicted octanol–water partition coefficient (Wildman–Crippen LogP) is 6.16. The molecule has 1 aliphatic heterocycles. The lowest BCUT2D eigenvalue weighted by Crippen LogP contribution is -2.39. The van der Waals surface area contributed by atoms with Gasteiger partial charge in [-0.2, -0.15) is 0 Å². The molecule has 5 heteroatoms. The van der Waals surface area contributed by atoms with Crippen LogP contribution >= 0.6 is 0 Å². The quantitative estimate of drug-likeness (QED) is 0.362. The van der Waals surface area contributed by atoms with E-state index in [0.29, 0.717) is 24.6 Å². The molecule has 0 spiro atoms. The molecule has 1 heterocycles. The summed E-state index contributed by atoms with van der Waals surface area (Å²) in [5.74, 6) is 1.36. The summed E-state index contributed by atoms with van der Waals surface area (Å²) >= 11 is 0. The van der Waals surface area contributed by atoms with Crippen LogP contribution in [0.1, 0.15) is 46.8 Å². The average Bonchev–Trinajstić information content (AvgIpc) is 3.27. The highest BCUT2D eigenvalue weighted by molar-refractivity contribution is 5.94. The number of hydrogen-bond donors (Lipinski definition) is 0. The van der Waals surface area contributed by atoms with Crippen LogP contribution in [0.3, 0.4) is 0 Å². The first-order valence-corrected chi connectivity index (χ1v) is 12.8. The summed E-state index contributed by atoms with van der Waals surface area (Å²) in [4.78, 5) is 18.0. The maximum Gasteiger partial charge on any atom is 0.253 e. The van der Waals surface area contributed by atoms with Gasteiger partial charge in [0.2, 0.25) is 0 Å². The Kier molecular flexibility index (Phi) is 8.42. The van der Waals surface area contributed by atoms with Crippen LogP contribution in [0.5, 0.6) is 5.75 Å². The molecule has 0 bridgehead atoms. The lowest BCUT2D eigenvalue weighted by molar-refractivity contribution is 0.0703. The van der Waals surface area contributed by atoms with Gasteiger partial charge in [-0.3, -0.25) is 9.69 Å². The summed E-state index contributed by atoms with van der Waals surface area (Å²) in [6, 6.07) is 22.9. The Hall–Kier alpha value is -3.18. The highest BCUT2D eigenvalue weighted by Gasteiger charge is 2.36. The van der Waals surface area contributed by atoms with Gasteiger partial charge >= 0.3 is 0 Å². The molecule has 1 aliphatic rings. The summed E-state index contributed by atoms with van der Waals surface area (Å²) in [6.07, 6.45) is 0. The topological polar surface area (TPSA) is 32.8 Å². The van der Waals surface area contributed by atoms with Gasteiger partial charge in [-0.05, 0) is 66.3 Å². The molecule has 1 fully saturated rings. The number of benzene rings is 3. The number of carbonyl (C=O) groups excluding carboxylic acids is 1. The van der Waals surface area contributed by atoms with Gasteiger partial charge in [0.05, 0.1) is 7.11 Å². The molecule has 0 aromatic heterocycles. The lowest BCUT2D eigenvalue weighted by atomic mass is 9.88. The van der Waals surface area contributed by atoms with Crippen molar-refractivity contribution in [2.24, 2.45) is 11.8 Å². The van der Waals surface area contributed by atoms with E-state index in [9.17, 15) is 9.18 Å². The Balaban J connectivity index is 1.59.